The number of likely N-dealkylation sites (N-methyl/N-ethyl adjacent to an activating group) is 2. The number of aliphatic hydroxyl groups excluding tert-OH is 3. The van der Waals surface area contributed by atoms with Crippen molar-refractivity contribution in [3.63, 3.8) is 0 Å². The van der Waals surface area contributed by atoms with Crippen molar-refractivity contribution < 1.29 is 82.0 Å². The monoisotopic (exact) mass is 1220 g/mol. The van der Waals surface area contributed by atoms with Crippen LogP contribution in [0.15, 0.2) is 59.3 Å². The predicted molar refractivity (Wildman–Crippen MR) is 312 cm³/mol. The van der Waals surface area contributed by atoms with E-state index in [0.29, 0.717) is 53.9 Å². The zero-order chi connectivity index (χ0) is 63.6. The van der Waals surface area contributed by atoms with E-state index in [0.717, 1.165) is 4.90 Å². The van der Waals surface area contributed by atoms with E-state index in [-0.39, 0.29) is 43.4 Å². The van der Waals surface area contributed by atoms with Crippen molar-refractivity contribution >= 4 is 17.8 Å². The first kappa shape index (κ1) is 67.7. The summed E-state index contributed by atoms with van der Waals surface area (Å²) < 4.78 is 66.4. The Balaban J connectivity index is 0.975. The number of hydrogen-bond acceptors (Lipinski definition) is 22. The molecule has 6 heterocycles. The minimum absolute atomic E-state index is 0.0639. The van der Waals surface area contributed by atoms with E-state index in [1.165, 1.54) is 25.8 Å². The first-order valence-corrected chi connectivity index (χ1v) is 30.2. The van der Waals surface area contributed by atoms with Crippen LogP contribution in [0, 0.1) is 17.8 Å². The lowest BCUT2D eigenvalue weighted by Gasteiger charge is -2.49. The van der Waals surface area contributed by atoms with E-state index in [1.54, 1.807) is 103 Å². The quantitative estimate of drug-likeness (QED) is 0.0657. The van der Waals surface area contributed by atoms with Crippen LogP contribution in [0.25, 0.3) is 11.5 Å². The number of imide groups is 1. The number of rotatable bonds is 18. The van der Waals surface area contributed by atoms with Crippen LogP contribution < -0.4 is 0 Å². The summed E-state index contributed by atoms with van der Waals surface area (Å²) in [4.78, 5) is 49.8. The van der Waals surface area contributed by atoms with Gasteiger partial charge in [0.1, 0.15) is 48.8 Å². The number of cyclic esters (lactones) is 1. The molecule has 4 aliphatic rings. The summed E-state index contributed by atoms with van der Waals surface area (Å²) in [5, 5.41) is 72.8. The van der Waals surface area contributed by atoms with Crippen LogP contribution in [-0.2, 0) is 50.9 Å². The number of carbonyl (C=O) groups excluding carboxylic acids is 3. The Labute approximate surface area is 508 Å². The van der Waals surface area contributed by atoms with Gasteiger partial charge in [-0.2, -0.15) is 4.98 Å². The molecule has 2 aromatic carbocycles. The maximum absolute atomic E-state index is 15.2. The number of fused-ring (bicyclic) bond motifs is 1. The molecular weight excluding hydrogens is 1130 g/mol. The van der Waals surface area contributed by atoms with Gasteiger partial charge in [-0.15, -0.1) is 5.10 Å². The van der Waals surface area contributed by atoms with Gasteiger partial charge in [0.15, 0.2) is 18.4 Å². The zero-order valence-corrected chi connectivity index (χ0v) is 52.6. The van der Waals surface area contributed by atoms with Gasteiger partial charge < -0.3 is 73.0 Å². The number of hydrogen-bond donors (Lipinski definition) is 5. The van der Waals surface area contributed by atoms with E-state index in [2.05, 4.69) is 20.5 Å². The normalized spacial score (nSPS) is 35.9. The summed E-state index contributed by atoms with van der Waals surface area (Å²) in [7, 11) is 6.64. The number of ether oxygens (including phenoxy) is 7. The first-order chi connectivity index (χ1) is 41.1. The second-order valence-corrected chi connectivity index (χ2v) is 25.4. The Morgan fingerprint density at radius 2 is 1.56 bits per heavy atom. The SMILES string of the molecule is CC[C@H]1OC(=O)[C@H](C)[C@@H](O[C@H]2C[C@@](C)(OC)[C@@H](O)[C@H](C)O2)[C@H](C)[C@@H](O[C@@H]2O[C@H](C)C[C@H](N(C)CCc3cn([C@@H](CF)[C@H](OC)c4ccc(-c5nc(CN6C(=O)c7ccccc7C6=O)no5)cc4)nn3)[C@H]2O)[C@](C)(O)C[C@@H](C)CN(C)[C@H](C)[C@@H](O)[C@]1(C)O. The van der Waals surface area contributed by atoms with Crippen molar-refractivity contribution in [2.45, 2.75) is 210 Å². The van der Waals surface area contributed by atoms with Gasteiger partial charge >= 0.3 is 5.97 Å². The van der Waals surface area contributed by atoms with E-state index >= 15 is 4.39 Å². The van der Waals surface area contributed by atoms with Gasteiger partial charge in [0.05, 0.1) is 64.9 Å². The Morgan fingerprint density at radius 3 is 2.18 bits per heavy atom. The Bertz CT molecular complexity index is 2920. The number of esters is 1. The van der Waals surface area contributed by atoms with E-state index < -0.39 is 139 Å². The van der Waals surface area contributed by atoms with Crippen molar-refractivity contribution in [2.75, 3.05) is 48.1 Å². The molecule has 0 spiro atoms. The highest BCUT2D eigenvalue weighted by molar-refractivity contribution is 6.21. The van der Waals surface area contributed by atoms with Gasteiger partial charge in [-0.25, -0.2) is 9.07 Å². The van der Waals surface area contributed by atoms with Crippen LogP contribution in [-0.4, -0.2) is 222 Å². The molecule has 20 atom stereocenters. The highest BCUT2D eigenvalue weighted by Gasteiger charge is 2.53. The summed E-state index contributed by atoms with van der Waals surface area (Å²) in [6, 6.07) is 11.4. The fourth-order valence-electron chi connectivity index (χ4n) is 13.3. The summed E-state index contributed by atoms with van der Waals surface area (Å²) in [6.07, 6.45) is -8.64. The number of nitrogens with zero attached hydrogens (tertiary/aromatic N) is 8. The van der Waals surface area contributed by atoms with Gasteiger partial charge in [0.25, 0.3) is 17.7 Å². The number of aliphatic hydroxyl groups is 5. The van der Waals surface area contributed by atoms with Crippen molar-refractivity contribution in [1.82, 2.24) is 39.8 Å². The van der Waals surface area contributed by atoms with Crippen molar-refractivity contribution in [3.05, 3.63) is 82.9 Å². The van der Waals surface area contributed by atoms with Crippen LogP contribution in [0.4, 0.5) is 4.39 Å². The van der Waals surface area contributed by atoms with Crippen LogP contribution in [0.5, 0.6) is 0 Å². The Hall–Kier alpha value is -5.26. The number of carbonyl (C=O) groups is 3. The van der Waals surface area contributed by atoms with E-state index in [9.17, 15) is 39.9 Å². The van der Waals surface area contributed by atoms with Gasteiger partial charge in [0, 0.05) is 69.9 Å². The second-order valence-electron chi connectivity index (χ2n) is 25.4. The molecule has 3 fully saturated rings. The molecule has 482 valence electrons. The number of benzene rings is 2. The lowest BCUT2D eigenvalue weighted by molar-refractivity contribution is -0.318. The largest absolute Gasteiger partial charge is 0.459 e. The average molecular weight is 1220 g/mol. The van der Waals surface area contributed by atoms with Crippen molar-refractivity contribution in [2.24, 2.45) is 17.8 Å². The molecule has 8 rings (SSSR count). The molecular formula is C62H91FN8O16. The zero-order valence-electron chi connectivity index (χ0n) is 52.6. The van der Waals surface area contributed by atoms with Gasteiger partial charge in [-0.1, -0.05) is 55.4 Å². The molecule has 3 saturated heterocycles. The van der Waals surface area contributed by atoms with Gasteiger partial charge in [-0.05, 0) is 118 Å². The fourth-order valence-corrected chi connectivity index (χ4v) is 13.3. The van der Waals surface area contributed by atoms with E-state index in [1.807, 2.05) is 37.7 Å². The predicted octanol–water partition coefficient (Wildman–Crippen LogP) is 4.85. The smallest absolute Gasteiger partial charge is 0.311 e. The molecule has 4 aliphatic heterocycles. The summed E-state index contributed by atoms with van der Waals surface area (Å²) in [5.74, 6) is -3.56. The minimum atomic E-state index is -1.87. The number of amides is 2. The average Bonchev–Trinajstić information content (AvgIpc) is 2.72. The summed E-state index contributed by atoms with van der Waals surface area (Å²) in [5.41, 5.74) is -2.32. The van der Waals surface area contributed by atoms with Gasteiger partial charge in [-0.3, -0.25) is 19.3 Å². The topological polar surface area (TPSA) is 296 Å². The Morgan fingerprint density at radius 1 is 0.897 bits per heavy atom. The first-order valence-electron chi connectivity index (χ1n) is 30.2. The lowest BCUT2D eigenvalue weighted by Crippen LogP contribution is -2.61. The molecule has 0 saturated carbocycles. The highest BCUT2D eigenvalue weighted by atomic mass is 19.1. The number of aromatic nitrogens is 5. The molecule has 25 heteroatoms. The van der Waals surface area contributed by atoms with Crippen molar-refractivity contribution in [3.8, 4) is 11.5 Å². The second kappa shape index (κ2) is 27.9. The number of halogens is 1. The molecule has 0 unspecified atom stereocenters. The molecule has 5 N–H and O–H groups in total. The molecule has 0 bridgehead atoms. The molecule has 0 radical (unpaired) electrons. The molecule has 24 nitrogen and oxygen atoms in total. The van der Waals surface area contributed by atoms with Crippen LogP contribution >= 0.6 is 0 Å². The van der Waals surface area contributed by atoms with Crippen LogP contribution in [0.1, 0.15) is 145 Å². The number of alkyl halides is 1. The minimum Gasteiger partial charge on any atom is -0.459 e. The summed E-state index contributed by atoms with van der Waals surface area (Å²) >= 11 is 0. The third-order valence-electron chi connectivity index (χ3n) is 18.6. The number of methoxy groups -OCH3 is 2. The fraction of sp³-hybridized carbons (Fsp3) is 0.694. The molecule has 2 aromatic heterocycles. The maximum atomic E-state index is 15.2. The third kappa shape index (κ3) is 14.5. The molecule has 0 aliphatic carbocycles. The highest BCUT2D eigenvalue weighted by Crippen LogP contribution is 2.41. The summed E-state index contributed by atoms with van der Waals surface area (Å²) in [6.45, 7) is 17.0. The standard InChI is InChI=1S/C62H91FN8O16/c1-15-46-62(10,79)52(73)37(6)69(12)30-33(2)27-60(8,78)54(35(4)50(36(5)58(77)84-46)85-48-28-61(9,81-14)53(74)38(7)83-48)86-59-49(72)44(26-34(3)82-59)68(11)25-24-41-31-71(67-65-41)45(29-63)51(80-13)39-20-22-40(23-21-39)55-64-47(66-87-55)32-70-56(75)42-18-16-17-19-43(42)57(70)76/h16-23,31,33-38,44-46,48-54,59,72-74,78-79H,15,24-30,32H2,1-14H3/t33-,34-,35+,36-,37-,38+,44+,45+,46-,48+,49-,50+,51-,52-,53+,54-,59+,60-,61-,62-/m1/s1. The molecule has 87 heavy (non-hydrogen) atoms. The lowest BCUT2D eigenvalue weighted by atomic mass is 9.77. The van der Waals surface area contributed by atoms with Crippen molar-refractivity contribution in [1.29, 1.82) is 0 Å². The molecule has 4 aromatic rings. The maximum Gasteiger partial charge on any atom is 0.311 e. The van der Waals surface area contributed by atoms with Crippen LogP contribution in [0.2, 0.25) is 0 Å². The molecule has 2 amide bonds. The third-order valence-corrected chi connectivity index (χ3v) is 18.6. The Kier molecular flexibility index (Phi) is 21.7. The van der Waals surface area contributed by atoms with Crippen LogP contribution in [0.3, 0.4) is 0 Å². The van der Waals surface area contributed by atoms with E-state index in [4.69, 9.17) is 37.7 Å². The van der Waals surface area contributed by atoms with Gasteiger partial charge in [0.2, 0.25) is 0 Å².